The number of nitrogens with zero attached hydrogens (tertiary/aromatic N) is 1. The third-order valence-corrected chi connectivity index (χ3v) is 6.41. The molecule has 0 unspecified atom stereocenters. The molecule has 2 fully saturated rings. The molecule has 0 spiro atoms. The van der Waals surface area contributed by atoms with Gasteiger partial charge in [-0.25, -0.2) is 0 Å². The lowest BCUT2D eigenvalue weighted by Gasteiger charge is -2.31. The van der Waals surface area contributed by atoms with Gasteiger partial charge in [0.15, 0.2) is 0 Å². The third kappa shape index (κ3) is 8.41. The minimum absolute atomic E-state index is 0.475. The summed E-state index contributed by atoms with van der Waals surface area (Å²) in [6.45, 7) is 3.29. The number of unbranched alkanes of at least 4 members (excludes halogenated alkanes) is 4. The molecule has 0 amide bonds. The Bertz CT molecular complexity index is 395. The summed E-state index contributed by atoms with van der Waals surface area (Å²) in [5, 5.41) is 8.62. The lowest BCUT2D eigenvalue weighted by molar-refractivity contribution is -0.00663. The Morgan fingerprint density at radius 2 is 1.56 bits per heavy atom. The van der Waals surface area contributed by atoms with Gasteiger partial charge in [0.1, 0.15) is 0 Å². The normalized spacial score (nSPS) is 30.4. The minimum atomic E-state index is 0.475. The van der Waals surface area contributed by atoms with Crippen LogP contribution in [-0.2, 0) is 4.74 Å². The zero-order chi connectivity index (χ0) is 17.7. The highest BCUT2D eigenvalue weighted by molar-refractivity contribution is 5.04. The Labute approximate surface area is 156 Å². The first-order valence-corrected chi connectivity index (χ1v) is 11.0. The molecule has 0 atom stereocenters. The molecule has 2 nitrogen and oxygen atoms in total. The molecule has 25 heavy (non-hydrogen) atoms. The van der Waals surface area contributed by atoms with Crippen molar-refractivity contribution in [3.8, 4) is 6.07 Å². The first kappa shape index (κ1) is 20.5. The van der Waals surface area contributed by atoms with Crippen LogP contribution in [0.2, 0.25) is 0 Å². The van der Waals surface area contributed by atoms with E-state index in [2.05, 4.69) is 19.1 Å². The molecular formula is C23H39NO. The molecule has 0 aliphatic heterocycles. The van der Waals surface area contributed by atoms with E-state index in [1.165, 1.54) is 89.9 Å². The van der Waals surface area contributed by atoms with Crippen LogP contribution in [0.15, 0.2) is 12.2 Å². The zero-order valence-corrected chi connectivity index (χ0v) is 16.4. The zero-order valence-electron chi connectivity index (χ0n) is 16.4. The van der Waals surface area contributed by atoms with Gasteiger partial charge >= 0.3 is 0 Å². The first-order valence-electron chi connectivity index (χ1n) is 11.0. The van der Waals surface area contributed by atoms with E-state index in [4.69, 9.17) is 10.00 Å². The first-order chi connectivity index (χ1) is 12.3. The number of rotatable bonds is 10. The molecule has 0 bridgehead atoms. The SMILES string of the molecule is CCCCCCC[C@H]1CC[C@H](COC2CCC(C=CC#N)CC2)CC1. The fourth-order valence-electron chi connectivity index (χ4n) is 4.62. The minimum Gasteiger partial charge on any atom is -0.378 e. The molecule has 0 heterocycles. The number of hydrogen-bond acceptors (Lipinski definition) is 2. The molecule has 2 aliphatic rings. The summed E-state index contributed by atoms with van der Waals surface area (Å²) in [5.41, 5.74) is 0. The second kappa shape index (κ2) is 12.5. The molecule has 2 aliphatic carbocycles. The molecule has 2 rings (SSSR count). The molecule has 0 aromatic heterocycles. The summed E-state index contributed by atoms with van der Waals surface area (Å²) in [6.07, 6.45) is 23.2. The standard InChI is InChI=1S/C23H39NO/c1-2-3-4-5-6-8-20-10-12-22(13-11-20)19-25-23-16-14-21(15-17-23)9-7-18-24/h7,9,20-23H,2-6,8,10-17,19H2,1H3/t20-,21?,22-,23?. The number of ether oxygens (including phenoxy) is 1. The van der Waals surface area contributed by atoms with Gasteiger partial charge in [-0.2, -0.15) is 5.26 Å². The van der Waals surface area contributed by atoms with Gasteiger partial charge in [-0.15, -0.1) is 0 Å². The fourth-order valence-corrected chi connectivity index (χ4v) is 4.62. The molecule has 0 aromatic carbocycles. The molecule has 0 aromatic rings. The molecule has 2 heteroatoms. The molecular weight excluding hydrogens is 306 g/mol. The van der Waals surface area contributed by atoms with Crippen molar-refractivity contribution in [2.24, 2.45) is 17.8 Å². The predicted molar refractivity (Wildman–Crippen MR) is 105 cm³/mol. The van der Waals surface area contributed by atoms with Crippen LogP contribution in [0, 0.1) is 29.1 Å². The Morgan fingerprint density at radius 1 is 0.880 bits per heavy atom. The van der Waals surface area contributed by atoms with Gasteiger partial charge in [0, 0.05) is 12.7 Å². The molecule has 0 N–H and O–H groups in total. The van der Waals surface area contributed by atoms with Crippen molar-refractivity contribution in [1.29, 1.82) is 5.26 Å². The van der Waals surface area contributed by atoms with Crippen molar-refractivity contribution in [3.05, 3.63) is 12.2 Å². The summed E-state index contributed by atoms with van der Waals surface area (Å²) in [7, 11) is 0. The number of hydrogen-bond donors (Lipinski definition) is 0. The van der Waals surface area contributed by atoms with Gasteiger partial charge in [-0.1, -0.05) is 64.4 Å². The van der Waals surface area contributed by atoms with E-state index in [0.717, 1.165) is 18.4 Å². The lowest BCUT2D eigenvalue weighted by Crippen LogP contribution is -2.25. The van der Waals surface area contributed by atoms with Crippen LogP contribution < -0.4 is 0 Å². The van der Waals surface area contributed by atoms with Crippen molar-refractivity contribution in [3.63, 3.8) is 0 Å². The highest BCUT2D eigenvalue weighted by Gasteiger charge is 2.24. The Balaban J connectivity index is 1.50. The summed E-state index contributed by atoms with van der Waals surface area (Å²) in [6, 6.07) is 2.11. The van der Waals surface area contributed by atoms with Crippen LogP contribution in [-0.4, -0.2) is 12.7 Å². The van der Waals surface area contributed by atoms with Gasteiger partial charge in [-0.3, -0.25) is 0 Å². The predicted octanol–water partition coefficient (Wildman–Crippen LogP) is 6.81. The maximum absolute atomic E-state index is 8.62. The van der Waals surface area contributed by atoms with Gasteiger partial charge < -0.3 is 4.74 Å². The summed E-state index contributed by atoms with van der Waals surface area (Å²) >= 11 is 0. The van der Waals surface area contributed by atoms with Gasteiger partial charge in [0.2, 0.25) is 0 Å². The number of allylic oxidation sites excluding steroid dienone is 2. The van der Waals surface area contributed by atoms with E-state index < -0.39 is 0 Å². The van der Waals surface area contributed by atoms with Crippen LogP contribution >= 0.6 is 0 Å². The van der Waals surface area contributed by atoms with E-state index in [1.807, 2.05) is 0 Å². The average molecular weight is 346 g/mol. The average Bonchev–Trinajstić information content (AvgIpc) is 2.66. The topological polar surface area (TPSA) is 33.0 Å². The Kier molecular flexibility index (Phi) is 10.3. The van der Waals surface area contributed by atoms with Crippen molar-refractivity contribution < 1.29 is 4.74 Å². The maximum atomic E-state index is 8.62. The van der Waals surface area contributed by atoms with Crippen molar-refractivity contribution >= 4 is 0 Å². The second-order valence-corrected chi connectivity index (χ2v) is 8.45. The van der Waals surface area contributed by atoms with E-state index >= 15 is 0 Å². The summed E-state index contributed by atoms with van der Waals surface area (Å²) in [4.78, 5) is 0. The molecule has 0 saturated heterocycles. The quantitative estimate of drug-likeness (QED) is 0.322. The van der Waals surface area contributed by atoms with Crippen LogP contribution in [0.25, 0.3) is 0 Å². The third-order valence-electron chi connectivity index (χ3n) is 6.41. The van der Waals surface area contributed by atoms with Crippen LogP contribution in [0.1, 0.15) is 96.8 Å². The summed E-state index contributed by atoms with van der Waals surface area (Å²) < 4.78 is 6.25. The van der Waals surface area contributed by atoms with Crippen molar-refractivity contribution in [2.75, 3.05) is 6.61 Å². The Morgan fingerprint density at radius 3 is 2.24 bits per heavy atom. The van der Waals surface area contributed by atoms with Gasteiger partial charge in [0.05, 0.1) is 12.2 Å². The molecule has 2 saturated carbocycles. The summed E-state index contributed by atoms with van der Waals surface area (Å²) in [5.74, 6) is 2.42. The van der Waals surface area contributed by atoms with Crippen LogP contribution in [0.4, 0.5) is 0 Å². The fraction of sp³-hybridized carbons (Fsp3) is 0.870. The second-order valence-electron chi connectivity index (χ2n) is 8.45. The highest BCUT2D eigenvalue weighted by atomic mass is 16.5. The maximum Gasteiger partial charge on any atom is 0.0908 e. The molecule has 142 valence electrons. The van der Waals surface area contributed by atoms with E-state index in [9.17, 15) is 0 Å². The van der Waals surface area contributed by atoms with Crippen molar-refractivity contribution in [1.82, 2.24) is 0 Å². The van der Waals surface area contributed by atoms with E-state index in [-0.39, 0.29) is 0 Å². The monoisotopic (exact) mass is 345 g/mol. The smallest absolute Gasteiger partial charge is 0.0908 e. The van der Waals surface area contributed by atoms with E-state index in [0.29, 0.717) is 12.0 Å². The highest BCUT2D eigenvalue weighted by Crippen LogP contribution is 2.33. The van der Waals surface area contributed by atoms with E-state index in [1.54, 1.807) is 6.08 Å². The number of nitriles is 1. The molecule has 0 radical (unpaired) electrons. The largest absolute Gasteiger partial charge is 0.378 e. The lowest BCUT2D eigenvalue weighted by atomic mass is 9.80. The van der Waals surface area contributed by atoms with Crippen LogP contribution in [0.3, 0.4) is 0 Å². The van der Waals surface area contributed by atoms with Crippen molar-refractivity contribution in [2.45, 2.75) is 103 Å². The Hall–Kier alpha value is -0.810. The van der Waals surface area contributed by atoms with Gasteiger partial charge in [-0.05, 0) is 56.3 Å². The van der Waals surface area contributed by atoms with Gasteiger partial charge in [0.25, 0.3) is 0 Å². The van der Waals surface area contributed by atoms with Crippen LogP contribution in [0.5, 0.6) is 0 Å².